The first-order chi connectivity index (χ1) is 9.25. The van der Waals surface area contributed by atoms with Crippen molar-refractivity contribution >= 4 is 23.9 Å². The van der Waals surface area contributed by atoms with Crippen LogP contribution in [-0.2, 0) is 19.2 Å². The molecule has 4 N–H and O–H groups in total. The summed E-state index contributed by atoms with van der Waals surface area (Å²) in [5.74, 6) is -9.64. The zero-order valence-corrected chi connectivity index (χ0v) is 10.0. The van der Waals surface area contributed by atoms with Gasteiger partial charge in [0.25, 0.3) is 0 Å². The Hall–Kier alpha value is -2.64. The largest absolute Gasteiger partial charge is 0.481 e. The fourth-order valence-electron chi connectivity index (χ4n) is 2.33. The fourth-order valence-corrected chi connectivity index (χ4v) is 2.33. The highest BCUT2D eigenvalue weighted by atomic mass is 16.4. The molecule has 20 heavy (non-hydrogen) atoms. The molecule has 0 saturated heterocycles. The van der Waals surface area contributed by atoms with E-state index in [1.54, 1.807) is 0 Å². The lowest BCUT2D eigenvalue weighted by molar-refractivity contribution is -0.168. The topological polar surface area (TPSA) is 149 Å². The second kappa shape index (κ2) is 6.00. The van der Waals surface area contributed by atoms with Crippen LogP contribution in [0, 0.1) is 23.7 Å². The van der Waals surface area contributed by atoms with Gasteiger partial charge >= 0.3 is 23.9 Å². The Morgan fingerprint density at radius 2 is 0.950 bits per heavy atom. The quantitative estimate of drug-likeness (QED) is 0.494. The molecule has 0 spiro atoms. The number of carboxylic acid groups (broad SMARTS) is 4. The molecule has 1 saturated carbocycles. The van der Waals surface area contributed by atoms with Crippen molar-refractivity contribution < 1.29 is 39.6 Å². The molecule has 0 aliphatic heterocycles. The van der Waals surface area contributed by atoms with Gasteiger partial charge in [-0.15, -0.1) is 0 Å². The maximum absolute atomic E-state index is 11.1. The van der Waals surface area contributed by atoms with Crippen molar-refractivity contribution in [2.75, 3.05) is 0 Å². The van der Waals surface area contributed by atoms with Crippen molar-refractivity contribution in [3.05, 3.63) is 24.3 Å². The van der Waals surface area contributed by atoms with Crippen LogP contribution in [0.25, 0.3) is 0 Å². The summed E-state index contributed by atoms with van der Waals surface area (Å²) in [6, 6.07) is 0. The Labute approximate surface area is 112 Å². The molecule has 0 aromatic rings. The molecule has 1 aliphatic carbocycles. The summed E-state index contributed by atoms with van der Waals surface area (Å²) in [6.07, 6.45) is 3.61. The van der Waals surface area contributed by atoms with Gasteiger partial charge in [0, 0.05) is 12.2 Å². The van der Waals surface area contributed by atoms with Gasteiger partial charge in [-0.2, -0.15) is 0 Å². The molecule has 0 aromatic carbocycles. The highest BCUT2D eigenvalue weighted by Gasteiger charge is 2.55. The average Bonchev–Trinajstić information content (AvgIpc) is 2.25. The summed E-state index contributed by atoms with van der Waals surface area (Å²) in [4.78, 5) is 43.0. The lowest BCUT2D eigenvalue weighted by Crippen LogP contribution is -2.52. The molecular weight excluding hydrogens is 272 g/mol. The smallest absolute Gasteiger partial charge is 0.327 e. The van der Waals surface area contributed by atoms with E-state index in [0.29, 0.717) is 0 Å². The van der Waals surface area contributed by atoms with Gasteiger partial charge in [0.1, 0.15) is 0 Å². The number of hydrogen-bond acceptors (Lipinski definition) is 4. The molecule has 0 radical (unpaired) electrons. The predicted octanol–water partition coefficient (Wildman–Crippen LogP) is -0.0844. The van der Waals surface area contributed by atoms with Crippen LogP contribution in [0.1, 0.15) is 0 Å². The Morgan fingerprint density at radius 3 is 1.15 bits per heavy atom. The van der Waals surface area contributed by atoms with E-state index in [2.05, 4.69) is 0 Å². The minimum Gasteiger partial charge on any atom is -0.481 e. The minimum absolute atomic E-state index is 0.723. The summed E-state index contributed by atoms with van der Waals surface area (Å²) in [7, 11) is 0. The van der Waals surface area contributed by atoms with E-state index in [0.717, 1.165) is 24.3 Å². The van der Waals surface area contributed by atoms with Gasteiger partial charge in [-0.05, 0) is 11.8 Å². The predicted molar refractivity (Wildman–Crippen MR) is 62.8 cm³/mol. The third-order valence-corrected chi connectivity index (χ3v) is 3.15. The van der Waals surface area contributed by atoms with Crippen molar-refractivity contribution in [1.82, 2.24) is 0 Å². The van der Waals surface area contributed by atoms with Crippen LogP contribution in [0.4, 0.5) is 0 Å². The number of hydrogen-bond donors (Lipinski definition) is 4. The highest BCUT2D eigenvalue weighted by molar-refractivity contribution is 5.85. The molecule has 0 bridgehead atoms. The summed E-state index contributed by atoms with van der Waals surface area (Å²) >= 11 is 0. The fraction of sp³-hybridized carbons (Fsp3) is 0.333. The van der Waals surface area contributed by atoms with Gasteiger partial charge in [0.2, 0.25) is 0 Å². The molecule has 1 fully saturated rings. The molecule has 0 aromatic heterocycles. The maximum atomic E-state index is 11.1. The van der Waals surface area contributed by atoms with Crippen LogP contribution in [0.5, 0.6) is 0 Å². The molecule has 1 aliphatic rings. The average molecular weight is 284 g/mol. The number of allylic oxidation sites excluding steroid dienone is 2. The van der Waals surface area contributed by atoms with E-state index in [1.807, 2.05) is 0 Å². The van der Waals surface area contributed by atoms with E-state index >= 15 is 0 Å². The lowest BCUT2D eigenvalue weighted by atomic mass is 9.56. The van der Waals surface area contributed by atoms with E-state index in [4.69, 9.17) is 20.4 Å². The Balaban J connectivity index is 3.06. The van der Waals surface area contributed by atoms with E-state index in [1.165, 1.54) is 0 Å². The molecule has 8 nitrogen and oxygen atoms in total. The number of carboxylic acids is 4. The Bertz CT molecular complexity index is 458. The van der Waals surface area contributed by atoms with Crippen LogP contribution in [0.2, 0.25) is 0 Å². The van der Waals surface area contributed by atoms with Gasteiger partial charge in [-0.1, -0.05) is 12.2 Å². The summed E-state index contributed by atoms with van der Waals surface area (Å²) in [6.45, 7) is 0. The number of rotatable bonds is 6. The van der Waals surface area contributed by atoms with Gasteiger partial charge in [-0.25, -0.2) is 9.59 Å². The first-order valence-corrected chi connectivity index (χ1v) is 5.53. The molecule has 8 heteroatoms. The molecule has 0 unspecified atom stereocenters. The van der Waals surface area contributed by atoms with E-state index < -0.39 is 47.5 Å². The normalized spacial score (nSPS) is 29.2. The van der Waals surface area contributed by atoms with E-state index in [-0.39, 0.29) is 0 Å². The van der Waals surface area contributed by atoms with Crippen molar-refractivity contribution in [2.45, 2.75) is 0 Å². The zero-order valence-electron chi connectivity index (χ0n) is 10.0. The summed E-state index contributed by atoms with van der Waals surface area (Å²) in [5.41, 5.74) is 0. The molecule has 0 amide bonds. The standard InChI is InChI=1S/C12H12O8/c13-7(14)3-1-5-6(2-4-8(15)16)10(12(19)20)9(5)11(17)18/h1-6,9-10H,(H,13,14)(H,15,16)(H,17,18)(H,19,20)/b3-1+,4-2+/t5-,6+,9+,10-. The Kier molecular flexibility index (Phi) is 4.63. The minimum atomic E-state index is -1.36. The van der Waals surface area contributed by atoms with Gasteiger partial charge in [0.15, 0.2) is 0 Å². The van der Waals surface area contributed by atoms with Crippen LogP contribution >= 0.6 is 0 Å². The second-order valence-corrected chi connectivity index (χ2v) is 4.28. The van der Waals surface area contributed by atoms with Crippen LogP contribution in [0.3, 0.4) is 0 Å². The highest BCUT2D eigenvalue weighted by Crippen LogP contribution is 2.48. The van der Waals surface area contributed by atoms with Crippen molar-refractivity contribution in [3.8, 4) is 0 Å². The van der Waals surface area contributed by atoms with Gasteiger partial charge < -0.3 is 20.4 Å². The van der Waals surface area contributed by atoms with Crippen LogP contribution in [0.15, 0.2) is 24.3 Å². The van der Waals surface area contributed by atoms with E-state index in [9.17, 15) is 19.2 Å². The molecule has 4 atom stereocenters. The molecule has 108 valence electrons. The SMILES string of the molecule is O=C(O)/C=C/[C@@H]1[C@H](/C=C/C(=O)O)[C@@H](C(=O)O)[C@H]1C(=O)O. The van der Waals surface area contributed by atoms with Crippen molar-refractivity contribution in [3.63, 3.8) is 0 Å². The Morgan fingerprint density at radius 1 is 0.650 bits per heavy atom. The van der Waals surface area contributed by atoms with Gasteiger partial charge in [0.05, 0.1) is 11.8 Å². The number of carbonyl (C=O) groups is 4. The summed E-state index contributed by atoms with van der Waals surface area (Å²) in [5, 5.41) is 35.0. The second-order valence-electron chi connectivity index (χ2n) is 4.28. The molecule has 0 heterocycles. The van der Waals surface area contributed by atoms with Crippen molar-refractivity contribution in [2.24, 2.45) is 23.7 Å². The number of aliphatic carboxylic acids is 4. The first kappa shape index (κ1) is 15.4. The third kappa shape index (κ3) is 3.22. The molecule has 1 rings (SSSR count). The molecular formula is C12H12O8. The zero-order chi connectivity index (χ0) is 15.4. The van der Waals surface area contributed by atoms with Crippen molar-refractivity contribution in [1.29, 1.82) is 0 Å². The van der Waals surface area contributed by atoms with Crippen LogP contribution in [-0.4, -0.2) is 44.3 Å². The monoisotopic (exact) mass is 284 g/mol. The lowest BCUT2D eigenvalue weighted by Gasteiger charge is -2.44. The third-order valence-electron chi connectivity index (χ3n) is 3.15. The summed E-state index contributed by atoms with van der Waals surface area (Å²) < 4.78 is 0. The van der Waals surface area contributed by atoms with Crippen LogP contribution < -0.4 is 0 Å². The van der Waals surface area contributed by atoms with Gasteiger partial charge in [-0.3, -0.25) is 9.59 Å². The first-order valence-electron chi connectivity index (χ1n) is 5.53. The maximum Gasteiger partial charge on any atom is 0.327 e.